The third kappa shape index (κ3) is 2.49. The first-order valence-electron chi connectivity index (χ1n) is 7.31. The number of fused-ring (bicyclic) bond motifs is 1. The zero-order valence-electron chi connectivity index (χ0n) is 12.6. The maximum absolute atomic E-state index is 7.84. The van der Waals surface area contributed by atoms with Crippen molar-refractivity contribution in [1.29, 1.82) is 5.41 Å². The van der Waals surface area contributed by atoms with Crippen LogP contribution in [0, 0.1) is 5.41 Å². The number of aromatic nitrogens is 1. The van der Waals surface area contributed by atoms with E-state index in [4.69, 9.17) is 25.6 Å². The molecule has 1 saturated heterocycles. The Bertz CT molecular complexity index is 549. The van der Waals surface area contributed by atoms with E-state index in [2.05, 4.69) is 4.90 Å². The molecule has 3 N–H and O–H groups in total. The molecule has 1 aliphatic heterocycles. The summed E-state index contributed by atoms with van der Waals surface area (Å²) >= 11 is 0. The third-order valence-electron chi connectivity index (χ3n) is 4.44. The molecule has 0 radical (unpaired) electrons. The highest BCUT2D eigenvalue weighted by Gasteiger charge is 2.35. The standard InChI is InChI=1S/C15H22N4O2/c1-20-12-7-19(8-13(12)21-2)15-10(14(16)17)6-9-4-3-5-11(9)18-15/h6,12-13H,3-5,7-8H2,1-2H3,(H3,16,17). The Kier molecular flexibility index (Phi) is 3.82. The lowest BCUT2D eigenvalue weighted by Crippen LogP contribution is -2.27. The first-order chi connectivity index (χ1) is 10.1. The van der Waals surface area contributed by atoms with Crippen molar-refractivity contribution < 1.29 is 9.47 Å². The Hall–Kier alpha value is -1.66. The van der Waals surface area contributed by atoms with E-state index in [1.54, 1.807) is 14.2 Å². The molecule has 0 spiro atoms. The normalized spacial score (nSPS) is 24.4. The zero-order valence-corrected chi connectivity index (χ0v) is 12.6. The fourth-order valence-electron chi connectivity index (χ4n) is 3.27. The van der Waals surface area contributed by atoms with Gasteiger partial charge in [-0.2, -0.15) is 0 Å². The van der Waals surface area contributed by atoms with E-state index in [1.165, 1.54) is 5.56 Å². The number of hydrogen-bond donors (Lipinski definition) is 2. The van der Waals surface area contributed by atoms with Crippen LogP contribution in [0.1, 0.15) is 23.2 Å². The van der Waals surface area contributed by atoms with Gasteiger partial charge in [0.25, 0.3) is 0 Å². The van der Waals surface area contributed by atoms with Crippen molar-refractivity contribution in [2.45, 2.75) is 31.5 Å². The molecular formula is C15H22N4O2. The van der Waals surface area contributed by atoms with Crippen LogP contribution in [0.3, 0.4) is 0 Å². The summed E-state index contributed by atoms with van der Waals surface area (Å²) in [4.78, 5) is 6.91. The first-order valence-corrected chi connectivity index (χ1v) is 7.31. The Morgan fingerprint density at radius 1 is 1.29 bits per heavy atom. The molecule has 114 valence electrons. The van der Waals surface area contributed by atoms with Gasteiger partial charge in [0.1, 0.15) is 23.9 Å². The lowest BCUT2D eigenvalue weighted by molar-refractivity contribution is -0.00461. The van der Waals surface area contributed by atoms with E-state index in [-0.39, 0.29) is 18.0 Å². The topological polar surface area (TPSA) is 84.5 Å². The highest BCUT2D eigenvalue weighted by Crippen LogP contribution is 2.30. The molecule has 0 bridgehead atoms. The first kappa shape index (κ1) is 14.3. The molecule has 0 amide bonds. The number of nitrogens with two attached hydrogens (primary N) is 1. The third-order valence-corrected chi connectivity index (χ3v) is 4.44. The Labute approximate surface area is 124 Å². The number of nitrogens with one attached hydrogen (secondary N) is 1. The predicted molar refractivity (Wildman–Crippen MR) is 81.1 cm³/mol. The molecule has 1 aliphatic carbocycles. The Morgan fingerprint density at radius 2 is 1.95 bits per heavy atom. The van der Waals surface area contributed by atoms with Crippen molar-refractivity contribution in [3.8, 4) is 0 Å². The van der Waals surface area contributed by atoms with Gasteiger partial charge >= 0.3 is 0 Å². The number of nitrogen functional groups attached to an aromatic ring is 1. The number of nitrogens with zero attached hydrogens (tertiary/aromatic N) is 2. The van der Waals surface area contributed by atoms with Crippen LogP contribution in [0.25, 0.3) is 0 Å². The summed E-state index contributed by atoms with van der Waals surface area (Å²) in [5.74, 6) is 0.867. The Balaban J connectivity index is 1.96. The lowest BCUT2D eigenvalue weighted by atomic mass is 10.1. The predicted octanol–water partition coefficient (Wildman–Crippen LogP) is 0.704. The van der Waals surface area contributed by atoms with E-state index >= 15 is 0 Å². The summed E-state index contributed by atoms with van der Waals surface area (Å²) in [7, 11) is 3.39. The van der Waals surface area contributed by atoms with Crippen LogP contribution < -0.4 is 10.6 Å². The van der Waals surface area contributed by atoms with Crippen molar-refractivity contribution in [3.63, 3.8) is 0 Å². The maximum Gasteiger partial charge on any atom is 0.140 e. The second-order valence-corrected chi connectivity index (χ2v) is 5.69. The van der Waals surface area contributed by atoms with Gasteiger partial charge in [-0.15, -0.1) is 0 Å². The number of methoxy groups -OCH3 is 2. The molecule has 2 atom stereocenters. The molecule has 1 aromatic rings. The maximum atomic E-state index is 7.84. The van der Waals surface area contributed by atoms with Crippen molar-refractivity contribution in [2.24, 2.45) is 5.73 Å². The minimum absolute atomic E-state index is 0.0184. The summed E-state index contributed by atoms with van der Waals surface area (Å²) in [5, 5.41) is 7.84. The lowest BCUT2D eigenvalue weighted by Gasteiger charge is -2.21. The van der Waals surface area contributed by atoms with Crippen LogP contribution >= 0.6 is 0 Å². The van der Waals surface area contributed by atoms with E-state index < -0.39 is 0 Å². The van der Waals surface area contributed by atoms with Crippen LogP contribution in [0.15, 0.2) is 6.07 Å². The second-order valence-electron chi connectivity index (χ2n) is 5.69. The van der Waals surface area contributed by atoms with Gasteiger partial charge < -0.3 is 20.1 Å². The minimum atomic E-state index is 0.0184. The van der Waals surface area contributed by atoms with Crippen molar-refractivity contribution in [3.05, 3.63) is 22.9 Å². The van der Waals surface area contributed by atoms with Gasteiger partial charge in [0.05, 0.1) is 5.56 Å². The van der Waals surface area contributed by atoms with Gasteiger partial charge in [-0.25, -0.2) is 4.98 Å². The summed E-state index contributed by atoms with van der Waals surface area (Å²) in [6.07, 6.45) is 3.21. The highest BCUT2D eigenvalue weighted by atomic mass is 16.5. The molecule has 1 fully saturated rings. The number of pyridine rings is 1. The minimum Gasteiger partial charge on any atom is -0.384 e. The average Bonchev–Trinajstić information content (AvgIpc) is 3.11. The average molecular weight is 290 g/mol. The smallest absolute Gasteiger partial charge is 0.140 e. The molecular weight excluding hydrogens is 268 g/mol. The van der Waals surface area contributed by atoms with Crippen LogP contribution in [-0.4, -0.2) is 50.3 Å². The number of ether oxygens (including phenoxy) is 2. The van der Waals surface area contributed by atoms with Gasteiger partial charge in [-0.1, -0.05) is 0 Å². The van der Waals surface area contributed by atoms with E-state index in [1.807, 2.05) is 6.07 Å². The quantitative estimate of drug-likeness (QED) is 0.630. The molecule has 2 heterocycles. The number of amidine groups is 1. The molecule has 0 aromatic carbocycles. The van der Waals surface area contributed by atoms with Gasteiger partial charge in [0.2, 0.25) is 0 Å². The van der Waals surface area contributed by atoms with E-state index in [0.717, 1.165) is 36.3 Å². The number of hydrogen-bond acceptors (Lipinski definition) is 5. The van der Waals surface area contributed by atoms with E-state index in [0.29, 0.717) is 13.1 Å². The number of aryl methyl sites for hydroxylation is 2. The molecule has 6 heteroatoms. The summed E-state index contributed by atoms with van der Waals surface area (Å²) < 4.78 is 11.0. The summed E-state index contributed by atoms with van der Waals surface area (Å²) in [5.41, 5.74) is 8.86. The second kappa shape index (κ2) is 5.61. The zero-order chi connectivity index (χ0) is 15.0. The summed E-state index contributed by atoms with van der Waals surface area (Å²) in [6, 6.07) is 2.04. The Morgan fingerprint density at radius 3 is 2.52 bits per heavy atom. The molecule has 0 saturated carbocycles. The number of rotatable bonds is 4. The highest BCUT2D eigenvalue weighted by molar-refractivity contribution is 6.00. The van der Waals surface area contributed by atoms with Crippen LogP contribution in [0.2, 0.25) is 0 Å². The van der Waals surface area contributed by atoms with Gasteiger partial charge in [0, 0.05) is 33.0 Å². The van der Waals surface area contributed by atoms with Gasteiger partial charge in [0.15, 0.2) is 0 Å². The molecule has 2 aliphatic rings. The van der Waals surface area contributed by atoms with Crippen LogP contribution in [-0.2, 0) is 22.3 Å². The molecule has 21 heavy (non-hydrogen) atoms. The van der Waals surface area contributed by atoms with Crippen molar-refractivity contribution in [1.82, 2.24) is 4.98 Å². The monoisotopic (exact) mass is 290 g/mol. The van der Waals surface area contributed by atoms with Crippen molar-refractivity contribution >= 4 is 11.7 Å². The largest absolute Gasteiger partial charge is 0.384 e. The van der Waals surface area contributed by atoms with Gasteiger partial charge in [-0.3, -0.25) is 5.41 Å². The van der Waals surface area contributed by atoms with Crippen LogP contribution in [0.4, 0.5) is 5.82 Å². The fourth-order valence-corrected chi connectivity index (χ4v) is 3.27. The SMILES string of the molecule is COC1CN(c2nc3c(cc2C(=N)N)CCC3)CC1OC. The molecule has 2 unspecified atom stereocenters. The summed E-state index contributed by atoms with van der Waals surface area (Å²) in [6.45, 7) is 1.42. The number of anilines is 1. The van der Waals surface area contributed by atoms with Crippen LogP contribution in [0.5, 0.6) is 0 Å². The fraction of sp³-hybridized carbons (Fsp3) is 0.600. The molecule has 1 aromatic heterocycles. The molecule has 6 nitrogen and oxygen atoms in total. The van der Waals surface area contributed by atoms with Gasteiger partial charge in [-0.05, 0) is 30.9 Å². The van der Waals surface area contributed by atoms with Crippen molar-refractivity contribution in [2.75, 3.05) is 32.2 Å². The van der Waals surface area contributed by atoms with E-state index in [9.17, 15) is 0 Å². The molecule has 3 rings (SSSR count).